The van der Waals surface area contributed by atoms with Crippen LogP contribution in [0.3, 0.4) is 0 Å². The second kappa shape index (κ2) is 7.80. The van der Waals surface area contributed by atoms with Crippen LogP contribution < -0.4 is 5.32 Å². The molecule has 2 aromatic carbocycles. The van der Waals surface area contributed by atoms with Gasteiger partial charge in [-0.3, -0.25) is 4.79 Å². The van der Waals surface area contributed by atoms with Crippen LogP contribution in [0.1, 0.15) is 36.0 Å². The van der Waals surface area contributed by atoms with Crippen LogP contribution in [0, 0.1) is 23.4 Å². The monoisotopic (exact) mass is 450 g/mol. The third kappa shape index (κ3) is 3.62. The van der Waals surface area contributed by atoms with E-state index in [9.17, 15) is 18.0 Å². The van der Waals surface area contributed by atoms with Crippen LogP contribution in [-0.2, 0) is 28.3 Å². The summed E-state index contributed by atoms with van der Waals surface area (Å²) in [4.78, 5) is 15.6. The molecule has 2 aromatic rings. The zero-order valence-corrected chi connectivity index (χ0v) is 17.5. The summed E-state index contributed by atoms with van der Waals surface area (Å²) in [5.74, 6) is -2.99. The maximum atomic E-state index is 14.1. The molecule has 1 unspecified atom stereocenters. The van der Waals surface area contributed by atoms with Gasteiger partial charge in [0, 0.05) is 24.2 Å². The average Bonchev–Trinajstić information content (AvgIpc) is 3.53. The van der Waals surface area contributed by atoms with E-state index in [0.29, 0.717) is 36.2 Å². The molecule has 2 atom stereocenters. The van der Waals surface area contributed by atoms with Crippen LogP contribution in [-0.4, -0.2) is 29.9 Å². The topological polar surface area (TPSA) is 41.6 Å². The molecule has 3 aliphatic rings. The molecule has 8 heteroatoms. The van der Waals surface area contributed by atoms with Gasteiger partial charge in [-0.1, -0.05) is 17.7 Å². The molecule has 1 spiro atoms. The highest BCUT2D eigenvalue weighted by atomic mass is 35.5. The van der Waals surface area contributed by atoms with E-state index in [2.05, 4.69) is 5.32 Å². The number of amides is 1. The van der Waals surface area contributed by atoms with Crippen LogP contribution in [0.15, 0.2) is 30.3 Å². The Labute approximate surface area is 183 Å². The average molecular weight is 451 g/mol. The molecule has 2 heterocycles. The van der Waals surface area contributed by atoms with Crippen LogP contribution in [0.25, 0.3) is 0 Å². The minimum atomic E-state index is -0.994. The highest BCUT2D eigenvalue weighted by molar-refractivity contribution is 6.31. The molecule has 1 saturated carbocycles. The number of carbonyl (C=O) groups is 1. The standard InChI is InChI=1S/C23H22ClF3N2O2/c24-19-8-15(25)2-1-13(19)11-29(16-3-4-16)22(30)18-10-28-6-5-23(18)17-9-21(27)20(26)7-14(17)12-31-23/h1-2,7-9,16,18,28H,3-6,10-12H2/t18?,23-/m0/s1. The fourth-order valence-electron chi connectivity index (χ4n) is 4.83. The summed E-state index contributed by atoms with van der Waals surface area (Å²) < 4.78 is 47.5. The van der Waals surface area contributed by atoms with Crippen molar-refractivity contribution in [3.63, 3.8) is 0 Å². The number of hydrogen-bond acceptors (Lipinski definition) is 3. The minimum Gasteiger partial charge on any atom is -0.365 e. The van der Waals surface area contributed by atoms with Gasteiger partial charge in [0.25, 0.3) is 0 Å². The molecular weight excluding hydrogens is 429 g/mol. The number of piperidine rings is 1. The number of nitrogens with one attached hydrogen (secondary N) is 1. The van der Waals surface area contributed by atoms with E-state index in [0.717, 1.165) is 12.8 Å². The molecule has 0 bridgehead atoms. The molecule has 31 heavy (non-hydrogen) atoms. The number of nitrogens with zero attached hydrogens (tertiary/aromatic N) is 1. The Balaban J connectivity index is 1.49. The molecule has 2 aliphatic heterocycles. The SMILES string of the molecule is O=C(C1CNCC[C@@]12OCc1cc(F)c(F)cc12)N(Cc1ccc(F)cc1Cl)C1CC1. The number of carbonyl (C=O) groups excluding carboxylic acids is 1. The lowest BCUT2D eigenvalue weighted by atomic mass is 9.75. The van der Waals surface area contributed by atoms with E-state index < -0.39 is 29.0 Å². The second-order valence-corrected chi connectivity index (χ2v) is 8.95. The number of ether oxygens (including phenoxy) is 1. The van der Waals surface area contributed by atoms with Crippen molar-refractivity contribution in [1.82, 2.24) is 10.2 Å². The van der Waals surface area contributed by atoms with E-state index >= 15 is 0 Å². The molecule has 164 valence electrons. The molecular formula is C23H22ClF3N2O2. The number of hydrogen-bond donors (Lipinski definition) is 1. The number of fused-ring (bicyclic) bond motifs is 2. The number of halogens is 4. The Bertz CT molecular complexity index is 1050. The summed E-state index contributed by atoms with van der Waals surface area (Å²) in [5.41, 5.74) is 0.813. The maximum absolute atomic E-state index is 14.1. The summed E-state index contributed by atoms with van der Waals surface area (Å²) in [7, 11) is 0. The van der Waals surface area contributed by atoms with E-state index in [1.165, 1.54) is 24.3 Å². The quantitative estimate of drug-likeness (QED) is 0.756. The fourth-order valence-corrected chi connectivity index (χ4v) is 5.06. The zero-order valence-electron chi connectivity index (χ0n) is 16.8. The number of rotatable bonds is 4. The molecule has 2 fully saturated rings. The highest BCUT2D eigenvalue weighted by Gasteiger charge is 2.53. The van der Waals surface area contributed by atoms with Gasteiger partial charge in [0.15, 0.2) is 11.6 Å². The molecule has 1 saturated heterocycles. The van der Waals surface area contributed by atoms with E-state index in [1.807, 2.05) is 0 Å². The molecule has 0 radical (unpaired) electrons. The highest BCUT2D eigenvalue weighted by Crippen LogP contribution is 2.48. The Morgan fingerprint density at radius 2 is 1.97 bits per heavy atom. The van der Waals surface area contributed by atoms with E-state index in [4.69, 9.17) is 16.3 Å². The molecule has 1 N–H and O–H groups in total. The van der Waals surface area contributed by atoms with Crippen molar-refractivity contribution in [3.05, 3.63) is 69.5 Å². The van der Waals surface area contributed by atoms with Crippen molar-refractivity contribution >= 4 is 17.5 Å². The van der Waals surface area contributed by atoms with Crippen molar-refractivity contribution in [2.24, 2.45) is 5.92 Å². The second-order valence-electron chi connectivity index (χ2n) is 8.54. The predicted molar refractivity (Wildman–Crippen MR) is 109 cm³/mol. The van der Waals surface area contributed by atoms with Crippen LogP contribution >= 0.6 is 11.6 Å². The largest absolute Gasteiger partial charge is 0.365 e. The Hall–Kier alpha value is -2.09. The summed E-state index contributed by atoms with van der Waals surface area (Å²) in [6.45, 7) is 1.39. The van der Waals surface area contributed by atoms with Crippen LogP contribution in [0.5, 0.6) is 0 Å². The van der Waals surface area contributed by atoms with Crippen LogP contribution in [0.2, 0.25) is 5.02 Å². The van der Waals surface area contributed by atoms with E-state index in [-0.39, 0.29) is 30.1 Å². The van der Waals surface area contributed by atoms with Crippen molar-refractivity contribution < 1.29 is 22.7 Å². The molecule has 5 rings (SSSR count). The van der Waals surface area contributed by atoms with Gasteiger partial charge < -0.3 is 15.0 Å². The first-order valence-electron chi connectivity index (χ1n) is 10.5. The van der Waals surface area contributed by atoms with Gasteiger partial charge in [-0.05, 0) is 66.8 Å². The first-order valence-corrected chi connectivity index (χ1v) is 10.8. The third-order valence-electron chi connectivity index (χ3n) is 6.60. The molecule has 0 aromatic heterocycles. The number of benzene rings is 2. The first kappa shape index (κ1) is 20.8. The van der Waals surface area contributed by atoms with Gasteiger partial charge in [0.2, 0.25) is 5.91 Å². The first-order chi connectivity index (χ1) is 14.9. The van der Waals surface area contributed by atoms with Gasteiger partial charge in [-0.15, -0.1) is 0 Å². The molecule has 1 amide bonds. The lowest BCUT2D eigenvalue weighted by Gasteiger charge is -2.43. The minimum absolute atomic E-state index is 0.0819. The molecule has 1 aliphatic carbocycles. The third-order valence-corrected chi connectivity index (χ3v) is 6.95. The normalized spacial score (nSPS) is 25.0. The lowest BCUT2D eigenvalue weighted by Crippen LogP contribution is -2.55. The van der Waals surface area contributed by atoms with Crippen molar-refractivity contribution in [1.29, 1.82) is 0 Å². The lowest BCUT2D eigenvalue weighted by molar-refractivity contribution is -0.157. The zero-order chi connectivity index (χ0) is 21.8. The Morgan fingerprint density at radius 1 is 1.19 bits per heavy atom. The Kier molecular flexibility index (Phi) is 5.23. The molecule has 4 nitrogen and oxygen atoms in total. The Morgan fingerprint density at radius 3 is 2.71 bits per heavy atom. The fraction of sp³-hybridized carbons (Fsp3) is 0.435. The predicted octanol–water partition coefficient (Wildman–Crippen LogP) is 4.28. The van der Waals surface area contributed by atoms with Gasteiger partial charge in [0.05, 0.1) is 12.5 Å². The van der Waals surface area contributed by atoms with Crippen molar-refractivity contribution in [2.45, 2.75) is 44.1 Å². The van der Waals surface area contributed by atoms with Crippen molar-refractivity contribution in [2.75, 3.05) is 13.1 Å². The van der Waals surface area contributed by atoms with Gasteiger partial charge >= 0.3 is 0 Å². The van der Waals surface area contributed by atoms with Gasteiger partial charge in [-0.25, -0.2) is 13.2 Å². The smallest absolute Gasteiger partial charge is 0.230 e. The van der Waals surface area contributed by atoms with Crippen LogP contribution in [0.4, 0.5) is 13.2 Å². The summed E-state index contributed by atoms with van der Waals surface area (Å²) in [6.07, 6.45) is 2.25. The van der Waals surface area contributed by atoms with Gasteiger partial charge in [-0.2, -0.15) is 0 Å². The summed E-state index contributed by atoms with van der Waals surface area (Å²) >= 11 is 6.22. The van der Waals surface area contributed by atoms with Gasteiger partial charge in [0.1, 0.15) is 11.4 Å². The summed E-state index contributed by atoms with van der Waals surface area (Å²) in [6, 6.07) is 6.59. The maximum Gasteiger partial charge on any atom is 0.230 e. The van der Waals surface area contributed by atoms with Crippen molar-refractivity contribution in [3.8, 4) is 0 Å². The van der Waals surface area contributed by atoms with E-state index in [1.54, 1.807) is 11.0 Å². The summed E-state index contributed by atoms with van der Waals surface area (Å²) in [5, 5.41) is 3.52.